The van der Waals surface area contributed by atoms with Crippen LogP contribution < -0.4 is 16.9 Å². The highest BCUT2D eigenvalue weighted by molar-refractivity contribution is 7.99. The first-order valence-corrected chi connectivity index (χ1v) is 6.50. The zero-order valence-corrected chi connectivity index (χ0v) is 11.7. The predicted molar refractivity (Wildman–Crippen MR) is 76.4 cm³/mol. The molecule has 0 unspecified atom stereocenters. The number of rotatable bonds is 3. The van der Waals surface area contributed by atoms with E-state index in [1.165, 1.54) is 16.4 Å². The fourth-order valence-corrected chi connectivity index (χ4v) is 2.63. The number of nitrogens with zero attached hydrogens (tertiary/aromatic N) is 2. The monoisotopic (exact) mass is 291 g/mol. The molecule has 8 heteroatoms. The van der Waals surface area contributed by atoms with Gasteiger partial charge in [-0.2, -0.15) is 4.98 Å². The van der Waals surface area contributed by atoms with Gasteiger partial charge in [0.05, 0.1) is 0 Å². The van der Waals surface area contributed by atoms with Crippen LogP contribution in [0.5, 0.6) is 0 Å². The van der Waals surface area contributed by atoms with Crippen molar-refractivity contribution >= 4 is 17.6 Å². The van der Waals surface area contributed by atoms with Gasteiger partial charge in [-0.25, -0.2) is 0 Å². The van der Waals surface area contributed by atoms with Crippen molar-refractivity contribution < 1.29 is 0 Å². The third-order valence-electron chi connectivity index (χ3n) is 2.58. The number of hydrogen-bond acceptors (Lipinski definition) is 5. The van der Waals surface area contributed by atoms with E-state index in [4.69, 9.17) is 11.1 Å². The lowest BCUT2D eigenvalue weighted by Crippen LogP contribution is -2.33. The molecule has 0 spiro atoms. The van der Waals surface area contributed by atoms with Crippen LogP contribution in [0.15, 0.2) is 37.8 Å². The maximum Gasteiger partial charge on any atom is 0.339 e. The van der Waals surface area contributed by atoms with Crippen molar-refractivity contribution in [1.82, 2.24) is 14.8 Å². The summed E-state index contributed by atoms with van der Waals surface area (Å²) in [4.78, 5) is 26.9. The summed E-state index contributed by atoms with van der Waals surface area (Å²) in [5.41, 5.74) is 5.47. The first-order valence-electron chi connectivity index (χ1n) is 5.68. The van der Waals surface area contributed by atoms with E-state index in [-0.39, 0.29) is 5.84 Å². The van der Waals surface area contributed by atoms with E-state index >= 15 is 0 Å². The molecule has 0 aliphatic carbocycles. The summed E-state index contributed by atoms with van der Waals surface area (Å²) in [6.07, 6.45) is 0. The van der Waals surface area contributed by atoms with Crippen LogP contribution in [0.1, 0.15) is 11.1 Å². The molecule has 1 aromatic carbocycles. The summed E-state index contributed by atoms with van der Waals surface area (Å²) in [6.45, 7) is 1.91. The number of nitrogens with one attached hydrogen (secondary N) is 2. The minimum Gasteiger partial charge on any atom is -0.384 e. The van der Waals surface area contributed by atoms with Gasteiger partial charge >= 0.3 is 11.1 Å². The first kappa shape index (κ1) is 14.1. The Kier molecular flexibility index (Phi) is 3.75. The molecule has 1 aromatic heterocycles. The third kappa shape index (κ3) is 2.80. The van der Waals surface area contributed by atoms with Crippen molar-refractivity contribution in [2.24, 2.45) is 12.8 Å². The number of aryl methyl sites for hydroxylation is 2. The molecule has 104 valence electrons. The van der Waals surface area contributed by atoms with Crippen LogP contribution in [0.3, 0.4) is 0 Å². The average molecular weight is 291 g/mol. The van der Waals surface area contributed by atoms with Crippen LogP contribution in [-0.4, -0.2) is 20.6 Å². The molecule has 0 saturated heterocycles. The fraction of sp³-hybridized carbons (Fsp3) is 0.167. The van der Waals surface area contributed by atoms with Gasteiger partial charge in [-0.1, -0.05) is 6.07 Å². The molecule has 0 radical (unpaired) electrons. The van der Waals surface area contributed by atoms with Crippen molar-refractivity contribution in [2.45, 2.75) is 17.0 Å². The van der Waals surface area contributed by atoms with E-state index in [1.807, 2.05) is 19.1 Å². The molecular formula is C12H13N5O2S. The quantitative estimate of drug-likeness (QED) is 0.424. The lowest BCUT2D eigenvalue weighted by molar-refractivity contribution is 0.596. The Hall–Kier alpha value is -2.35. The lowest BCUT2D eigenvalue weighted by Gasteiger charge is -2.10. The number of nitrogen functional groups attached to an aromatic ring is 1. The topological polar surface area (TPSA) is 118 Å². The first-order chi connectivity index (χ1) is 9.38. The molecule has 0 bridgehead atoms. The maximum absolute atomic E-state index is 11.3. The van der Waals surface area contributed by atoms with Gasteiger partial charge in [0, 0.05) is 17.5 Å². The zero-order chi connectivity index (χ0) is 14.9. The lowest BCUT2D eigenvalue weighted by atomic mass is 10.1. The number of H-pyrrole nitrogens is 1. The highest BCUT2D eigenvalue weighted by atomic mass is 32.2. The smallest absolute Gasteiger partial charge is 0.339 e. The van der Waals surface area contributed by atoms with Crippen LogP contribution in [0.25, 0.3) is 0 Å². The molecular weight excluding hydrogens is 278 g/mol. The summed E-state index contributed by atoms with van der Waals surface area (Å²) in [6, 6.07) is 5.43. The van der Waals surface area contributed by atoms with Gasteiger partial charge in [0.1, 0.15) is 5.84 Å². The van der Waals surface area contributed by atoms with Crippen molar-refractivity contribution in [1.29, 1.82) is 5.41 Å². The van der Waals surface area contributed by atoms with Gasteiger partial charge in [-0.05, 0) is 36.4 Å². The van der Waals surface area contributed by atoms with E-state index < -0.39 is 11.1 Å². The Bertz CT molecular complexity index is 793. The molecule has 7 nitrogen and oxygen atoms in total. The second-order valence-electron chi connectivity index (χ2n) is 4.21. The van der Waals surface area contributed by atoms with Crippen LogP contribution in [0, 0.1) is 12.3 Å². The van der Waals surface area contributed by atoms with E-state index in [9.17, 15) is 9.59 Å². The molecule has 2 rings (SSSR count). The highest BCUT2D eigenvalue weighted by Crippen LogP contribution is 2.28. The van der Waals surface area contributed by atoms with Gasteiger partial charge in [0.25, 0.3) is 0 Å². The van der Waals surface area contributed by atoms with Crippen molar-refractivity contribution in [3.05, 3.63) is 50.0 Å². The van der Waals surface area contributed by atoms with Gasteiger partial charge in [-0.15, -0.1) is 0 Å². The summed E-state index contributed by atoms with van der Waals surface area (Å²) in [5, 5.41) is 10.3. The van der Waals surface area contributed by atoms with Crippen LogP contribution in [0.4, 0.5) is 0 Å². The Morgan fingerprint density at radius 3 is 2.80 bits per heavy atom. The molecule has 0 fully saturated rings. The predicted octanol–water partition coefficient (Wildman–Crippen LogP) is 0.212. The SMILES string of the molecule is Cc1ccc(C(=N)N)c(Sc2nc(=O)c(=O)[nH]n2C)c1. The van der Waals surface area contributed by atoms with Crippen LogP contribution in [0.2, 0.25) is 0 Å². The van der Waals surface area contributed by atoms with Crippen molar-refractivity contribution in [3.63, 3.8) is 0 Å². The Labute approximate surface area is 118 Å². The molecule has 2 aromatic rings. The van der Waals surface area contributed by atoms with E-state index in [0.717, 1.165) is 5.56 Å². The van der Waals surface area contributed by atoms with Gasteiger partial charge in [0.2, 0.25) is 0 Å². The molecule has 0 atom stereocenters. The molecule has 4 N–H and O–H groups in total. The number of aromatic nitrogens is 3. The highest BCUT2D eigenvalue weighted by Gasteiger charge is 2.11. The third-order valence-corrected chi connectivity index (χ3v) is 3.68. The van der Waals surface area contributed by atoms with Crippen LogP contribution >= 0.6 is 11.8 Å². The zero-order valence-electron chi connectivity index (χ0n) is 10.9. The standard InChI is InChI=1S/C12H13N5O2S/c1-6-3-4-7(9(13)14)8(5-6)20-12-15-10(18)11(19)16-17(12)2/h3-5H,1-2H3,(H3,13,14)(H,16,19). The summed E-state index contributed by atoms with van der Waals surface area (Å²) < 4.78 is 1.36. The number of hydrogen-bond donors (Lipinski definition) is 3. The number of benzene rings is 1. The molecule has 0 amide bonds. The fourth-order valence-electron chi connectivity index (χ4n) is 1.59. The summed E-state index contributed by atoms with van der Waals surface area (Å²) in [5.74, 6) is -0.0677. The minimum absolute atomic E-state index is 0.0677. The number of nitrogens with two attached hydrogens (primary N) is 1. The molecule has 1 heterocycles. The normalized spacial score (nSPS) is 10.5. The largest absolute Gasteiger partial charge is 0.384 e. The Morgan fingerprint density at radius 1 is 1.45 bits per heavy atom. The van der Waals surface area contributed by atoms with Gasteiger partial charge in [-0.3, -0.25) is 24.8 Å². The second-order valence-corrected chi connectivity index (χ2v) is 5.22. The maximum atomic E-state index is 11.3. The summed E-state index contributed by atoms with van der Waals surface area (Å²) in [7, 11) is 1.58. The van der Waals surface area contributed by atoms with Crippen LogP contribution in [-0.2, 0) is 7.05 Å². The van der Waals surface area contributed by atoms with Gasteiger partial charge < -0.3 is 5.73 Å². The summed E-state index contributed by atoms with van der Waals surface area (Å²) >= 11 is 1.17. The second kappa shape index (κ2) is 5.33. The number of aromatic amines is 1. The van der Waals surface area contributed by atoms with Crippen molar-refractivity contribution in [2.75, 3.05) is 0 Å². The Balaban J connectivity index is 2.52. The molecule has 0 aliphatic rings. The average Bonchev–Trinajstić information content (AvgIpc) is 2.35. The van der Waals surface area contributed by atoms with Crippen molar-refractivity contribution in [3.8, 4) is 0 Å². The van der Waals surface area contributed by atoms with Gasteiger partial charge in [0.15, 0.2) is 5.16 Å². The number of amidine groups is 1. The Morgan fingerprint density at radius 2 is 2.15 bits per heavy atom. The van der Waals surface area contributed by atoms with E-state index in [2.05, 4.69) is 10.1 Å². The molecule has 0 aliphatic heterocycles. The van der Waals surface area contributed by atoms with E-state index in [0.29, 0.717) is 15.6 Å². The minimum atomic E-state index is -0.845. The van der Waals surface area contributed by atoms with E-state index in [1.54, 1.807) is 13.1 Å². The molecule has 0 saturated carbocycles. The molecule has 20 heavy (non-hydrogen) atoms.